The van der Waals surface area contributed by atoms with Crippen LogP contribution in [0.4, 0.5) is 0 Å². The first-order valence-electron chi connectivity index (χ1n) is 5.52. The summed E-state index contributed by atoms with van der Waals surface area (Å²) in [5, 5.41) is 12.1. The molecule has 0 saturated carbocycles. The SMILES string of the molecule is C[S@@](=O)c1nncn1Cc1csc2c(Cl)cccc12. The summed E-state index contributed by atoms with van der Waals surface area (Å²) in [7, 11) is -1.14. The molecular weight excluding hydrogens is 302 g/mol. The molecule has 0 aliphatic heterocycles. The highest BCUT2D eigenvalue weighted by molar-refractivity contribution is 7.84. The van der Waals surface area contributed by atoms with Gasteiger partial charge in [-0.05, 0) is 22.4 Å². The maximum absolute atomic E-state index is 11.5. The number of fused-ring (bicyclic) bond motifs is 1. The van der Waals surface area contributed by atoms with E-state index in [9.17, 15) is 4.21 Å². The molecule has 98 valence electrons. The largest absolute Gasteiger partial charge is 0.302 e. The Labute approximate surface area is 121 Å². The Bertz CT molecular complexity index is 765. The van der Waals surface area contributed by atoms with Crippen molar-refractivity contribution in [1.82, 2.24) is 14.8 Å². The van der Waals surface area contributed by atoms with E-state index in [1.165, 1.54) is 0 Å². The molecule has 0 aliphatic carbocycles. The average molecular weight is 312 g/mol. The molecule has 0 fully saturated rings. The molecule has 0 saturated heterocycles. The van der Waals surface area contributed by atoms with E-state index in [1.807, 2.05) is 18.2 Å². The Kier molecular flexibility index (Phi) is 3.38. The zero-order valence-electron chi connectivity index (χ0n) is 10.0. The minimum absolute atomic E-state index is 0.487. The first kappa shape index (κ1) is 12.8. The highest BCUT2D eigenvalue weighted by Crippen LogP contribution is 2.32. The maximum atomic E-state index is 11.5. The fraction of sp³-hybridized carbons (Fsp3) is 0.167. The summed E-state index contributed by atoms with van der Waals surface area (Å²) in [6.45, 7) is 0.599. The quantitative estimate of drug-likeness (QED) is 0.747. The van der Waals surface area contributed by atoms with Crippen molar-refractivity contribution in [2.24, 2.45) is 0 Å². The summed E-state index contributed by atoms with van der Waals surface area (Å²) in [5.41, 5.74) is 1.13. The lowest BCUT2D eigenvalue weighted by molar-refractivity contribution is 0.654. The van der Waals surface area contributed by atoms with Crippen molar-refractivity contribution in [3.63, 3.8) is 0 Å². The molecule has 0 bridgehead atoms. The number of hydrogen-bond donors (Lipinski definition) is 0. The van der Waals surface area contributed by atoms with E-state index in [0.717, 1.165) is 20.7 Å². The van der Waals surface area contributed by atoms with Crippen molar-refractivity contribution in [2.75, 3.05) is 6.26 Å². The second-order valence-corrected chi connectivity index (χ2v) is 6.63. The van der Waals surface area contributed by atoms with Crippen LogP contribution in [0.15, 0.2) is 35.1 Å². The predicted octanol–water partition coefficient (Wildman–Crippen LogP) is 2.93. The summed E-state index contributed by atoms with van der Waals surface area (Å²) in [6.07, 6.45) is 3.20. The van der Waals surface area contributed by atoms with Gasteiger partial charge in [-0.25, -0.2) is 0 Å². The Hall–Kier alpha value is -1.24. The summed E-state index contributed by atoms with van der Waals surface area (Å²) in [6, 6.07) is 5.86. The van der Waals surface area contributed by atoms with Gasteiger partial charge in [-0.2, -0.15) is 0 Å². The number of aromatic nitrogens is 3. The lowest BCUT2D eigenvalue weighted by Gasteiger charge is -2.04. The van der Waals surface area contributed by atoms with Gasteiger partial charge in [0.25, 0.3) is 0 Å². The number of nitrogens with zero attached hydrogens (tertiary/aromatic N) is 3. The van der Waals surface area contributed by atoms with Gasteiger partial charge >= 0.3 is 0 Å². The predicted molar refractivity (Wildman–Crippen MR) is 78.3 cm³/mol. The molecule has 19 heavy (non-hydrogen) atoms. The molecule has 7 heteroatoms. The second kappa shape index (κ2) is 5.03. The topological polar surface area (TPSA) is 47.8 Å². The Morgan fingerprint density at radius 3 is 3.11 bits per heavy atom. The molecule has 1 atom stereocenters. The number of benzene rings is 1. The molecule has 0 aliphatic rings. The Morgan fingerprint density at radius 1 is 1.47 bits per heavy atom. The lowest BCUT2D eigenvalue weighted by Crippen LogP contribution is -2.04. The molecule has 0 unspecified atom stereocenters. The van der Waals surface area contributed by atoms with E-state index in [-0.39, 0.29) is 0 Å². The van der Waals surface area contributed by atoms with Crippen LogP contribution in [0.3, 0.4) is 0 Å². The van der Waals surface area contributed by atoms with Crippen LogP contribution in [0.1, 0.15) is 5.56 Å². The third-order valence-electron chi connectivity index (χ3n) is 2.81. The van der Waals surface area contributed by atoms with Crippen LogP contribution in [0.5, 0.6) is 0 Å². The lowest BCUT2D eigenvalue weighted by atomic mass is 10.2. The highest BCUT2D eigenvalue weighted by Gasteiger charge is 2.12. The number of halogens is 1. The molecule has 1 aromatic carbocycles. The fourth-order valence-corrected chi connectivity index (χ4v) is 3.84. The number of rotatable bonds is 3. The van der Waals surface area contributed by atoms with Gasteiger partial charge in [0.05, 0.1) is 27.1 Å². The molecule has 3 aromatic rings. The second-order valence-electron chi connectivity index (χ2n) is 4.07. The molecule has 3 rings (SSSR count). The average Bonchev–Trinajstić information content (AvgIpc) is 2.98. The Morgan fingerprint density at radius 2 is 2.32 bits per heavy atom. The standard InChI is InChI=1S/C12H10ClN3OS2/c1-19(17)12-15-14-7-16(12)5-8-6-18-11-9(8)3-2-4-10(11)13/h2-4,6-7H,5H2,1H3/t19-/m1/s1. The van der Waals surface area contributed by atoms with E-state index in [2.05, 4.69) is 15.6 Å². The zero-order valence-corrected chi connectivity index (χ0v) is 12.4. The third-order valence-corrected chi connectivity index (χ3v) is 5.15. The molecule has 2 aromatic heterocycles. The van der Waals surface area contributed by atoms with Crippen molar-refractivity contribution in [3.8, 4) is 0 Å². The van der Waals surface area contributed by atoms with E-state index in [4.69, 9.17) is 11.6 Å². The van der Waals surface area contributed by atoms with Gasteiger partial charge < -0.3 is 4.57 Å². The van der Waals surface area contributed by atoms with Crippen molar-refractivity contribution >= 4 is 43.8 Å². The molecular formula is C12H10ClN3OS2. The molecule has 2 heterocycles. The Balaban J connectivity index is 2.04. The van der Waals surface area contributed by atoms with Crippen LogP contribution in [-0.4, -0.2) is 25.2 Å². The zero-order chi connectivity index (χ0) is 13.4. The van der Waals surface area contributed by atoms with E-state index >= 15 is 0 Å². The fourth-order valence-electron chi connectivity index (χ4n) is 1.96. The third kappa shape index (κ3) is 2.31. The molecule has 4 nitrogen and oxygen atoms in total. The summed E-state index contributed by atoms with van der Waals surface area (Å²) >= 11 is 7.78. The van der Waals surface area contributed by atoms with Crippen LogP contribution in [0.25, 0.3) is 10.1 Å². The summed E-state index contributed by atoms with van der Waals surface area (Å²) in [4.78, 5) is 0. The van der Waals surface area contributed by atoms with Crippen LogP contribution < -0.4 is 0 Å². The maximum Gasteiger partial charge on any atom is 0.221 e. The molecule has 0 amide bonds. The van der Waals surface area contributed by atoms with Crippen LogP contribution in [0.2, 0.25) is 5.02 Å². The molecule has 0 radical (unpaired) electrons. The van der Waals surface area contributed by atoms with Gasteiger partial charge in [0.2, 0.25) is 5.16 Å². The van der Waals surface area contributed by atoms with E-state index < -0.39 is 10.8 Å². The number of thiophene rings is 1. The van der Waals surface area contributed by atoms with Gasteiger partial charge in [-0.1, -0.05) is 23.7 Å². The molecule has 0 spiro atoms. The van der Waals surface area contributed by atoms with E-state index in [0.29, 0.717) is 11.7 Å². The summed E-state index contributed by atoms with van der Waals surface area (Å²) < 4.78 is 14.4. The van der Waals surface area contributed by atoms with E-state index in [1.54, 1.807) is 28.5 Å². The van der Waals surface area contributed by atoms with Gasteiger partial charge in [0.1, 0.15) is 6.33 Å². The minimum atomic E-state index is -1.14. The van der Waals surface area contributed by atoms with Gasteiger partial charge in [0.15, 0.2) is 0 Å². The van der Waals surface area contributed by atoms with Crippen LogP contribution in [0, 0.1) is 0 Å². The van der Waals surface area contributed by atoms with Crippen molar-refractivity contribution in [3.05, 3.63) is 40.5 Å². The highest BCUT2D eigenvalue weighted by atomic mass is 35.5. The molecule has 0 N–H and O–H groups in total. The van der Waals surface area contributed by atoms with Crippen molar-refractivity contribution in [2.45, 2.75) is 11.7 Å². The summed E-state index contributed by atoms with van der Waals surface area (Å²) in [5.74, 6) is 0. The monoisotopic (exact) mass is 311 g/mol. The normalized spacial score (nSPS) is 12.9. The van der Waals surface area contributed by atoms with Crippen LogP contribution in [-0.2, 0) is 17.3 Å². The first-order valence-corrected chi connectivity index (χ1v) is 8.34. The van der Waals surface area contributed by atoms with Gasteiger partial charge in [-0.15, -0.1) is 21.5 Å². The van der Waals surface area contributed by atoms with Gasteiger partial charge in [-0.3, -0.25) is 4.21 Å². The minimum Gasteiger partial charge on any atom is -0.302 e. The van der Waals surface area contributed by atoms with Crippen molar-refractivity contribution in [1.29, 1.82) is 0 Å². The van der Waals surface area contributed by atoms with Crippen molar-refractivity contribution < 1.29 is 4.21 Å². The first-order chi connectivity index (χ1) is 9.16. The smallest absolute Gasteiger partial charge is 0.221 e. The van der Waals surface area contributed by atoms with Crippen LogP contribution >= 0.6 is 22.9 Å². The number of hydrogen-bond acceptors (Lipinski definition) is 4. The van der Waals surface area contributed by atoms with Gasteiger partial charge in [0, 0.05) is 6.26 Å².